The number of carbonyl (C=O) groups is 6. The molecule has 0 N–H and O–H groups in total. The summed E-state index contributed by atoms with van der Waals surface area (Å²) in [6.07, 6.45) is -2.62. The van der Waals surface area contributed by atoms with Crippen molar-refractivity contribution in [3.05, 3.63) is 196 Å². The van der Waals surface area contributed by atoms with Gasteiger partial charge in [0, 0.05) is 22.3 Å². The van der Waals surface area contributed by atoms with Gasteiger partial charge in [-0.05, 0) is 84.9 Å². The van der Waals surface area contributed by atoms with Crippen molar-refractivity contribution in [2.45, 2.75) is 12.2 Å². The molecule has 0 radical (unpaired) electrons. The maximum Gasteiger partial charge on any atom is 0.339 e. The van der Waals surface area contributed by atoms with E-state index in [2.05, 4.69) is 0 Å². The minimum atomic E-state index is -1.32. The maximum atomic E-state index is 13.8. The molecule has 1 aliphatic rings. The van der Waals surface area contributed by atoms with Gasteiger partial charge in [0.2, 0.25) is 11.6 Å². The van der Waals surface area contributed by atoms with Crippen molar-refractivity contribution in [1.82, 2.24) is 0 Å². The van der Waals surface area contributed by atoms with Gasteiger partial charge >= 0.3 is 11.9 Å². The normalized spacial score (nSPS) is 12.9. The Labute approximate surface area is 327 Å². The lowest BCUT2D eigenvalue weighted by Gasteiger charge is -2.19. The van der Waals surface area contributed by atoms with E-state index < -0.39 is 47.5 Å². The number of carbonyl (C=O) groups excluding carboxylic acids is 6. The second-order valence-corrected chi connectivity index (χ2v) is 12.8. The quantitative estimate of drug-likeness (QED) is 0.0645. The molecule has 1 aliphatic heterocycles. The predicted octanol–water partition coefficient (Wildman–Crippen LogP) is 8.07. The van der Waals surface area contributed by atoms with Gasteiger partial charge in [-0.25, -0.2) is 14.5 Å². The highest BCUT2D eigenvalue weighted by molar-refractivity contribution is 6.34. The van der Waals surface area contributed by atoms with E-state index in [1.807, 2.05) is 0 Å². The van der Waals surface area contributed by atoms with E-state index in [0.29, 0.717) is 28.2 Å². The highest BCUT2D eigenvalue weighted by Gasteiger charge is 2.38. The summed E-state index contributed by atoms with van der Waals surface area (Å²) in [7, 11) is 3.01. The van der Waals surface area contributed by atoms with Crippen LogP contribution < -0.4 is 14.4 Å². The first-order valence-electron chi connectivity index (χ1n) is 17.7. The Hall–Kier alpha value is -7.66. The molecule has 2 atom stereocenters. The number of esters is 2. The minimum absolute atomic E-state index is 0.0210. The number of rotatable bonds is 13. The molecule has 0 aliphatic carbocycles. The smallest absolute Gasteiger partial charge is 0.339 e. The zero-order valence-electron chi connectivity index (χ0n) is 30.6. The fraction of sp³-hybridized carbons (Fsp3) is 0.0870. The Morgan fingerprint density at radius 2 is 0.895 bits per heavy atom. The van der Waals surface area contributed by atoms with Gasteiger partial charge in [-0.1, -0.05) is 66.7 Å². The van der Waals surface area contributed by atoms with E-state index in [1.54, 1.807) is 109 Å². The van der Waals surface area contributed by atoms with Crippen LogP contribution in [0.2, 0.25) is 0 Å². The number of amides is 2. The molecule has 282 valence electrons. The summed E-state index contributed by atoms with van der Waals surface area (Å²) >= 11 is 0. The molecule has 7 rings (SSSR count). The number of fused-ring (bicyclic) bond motifs is 1. The Morgan fingerprint density at radius 1 is 0.456 bits per heavy atom. The van der Waals surface area contributed by atoms with Crippen LogP contribution in [-0.4, -0.2) is 49.5 Å². The molecule has 2 amide bonds. The second-order valence-electron chi connectivity index (χ2n) is 12.8. The van der Waals surface area contributed by atoms with E-state index >= 15 is 0 Å². The van der Waals surface area contributed by atoms with Gasteiger partial charge in [-0.2, -0.15) is 0 Å². The first kappa shape index (κ1) is 37.6. The fourth-order valence-corrected chi connectivity index (χ4v) is 6.34. The Balaban J connectivity index is 1.11. The first-order chi connectivity index (χ1) is 27.7. The van der Waals surface area contributed by atoms with Crippen LogP contribution in [0.1, 0.15) is 85.5 Å². The zero-order chi connectivity index (χ0) is 40.1. The van der Waals surface area contributed by atoms with Crippen LogP contribution in [0.4, 0.5) is 5.69 Å². The zero-order valence-corrected chi connectivity index (χ0v) is 30.6. The van der Waals surface area contributed by atoms with E-state index in [9.17, 15) is 28.8 Å². The van der Waals surface area contributed by atoms with Crippen molar-refractivity contribution in [1.29, 1.82) is 0 Å². The van der Waals surface area contributed by atoms with Gasteiger partial charge in [0.25, 0.3) is 11.8 Å². The maximum absolute atomic E-state index is 13.8. The Morgan fingerprint density at radius 3 is 1.37 bits per heavy atom. The molecule has 6 aromatic rings. The number of methoxy groups -OCH3 is 2. The van der Waals surface area contributed by atoms with Gasteiger partial charge in [0.05, 0.1) is 42.2 Å². The molecule has 57 heavy (non-hydrogen) atoms. The van der Waals surface area contributed by atoms with Gasteiger partial charge in [-0.15, -0.1) is 0 Å². The number of benzene rings is 6. The molecular weight excluding hydrogens is 727 g/mol. The summed E-state index contributed by atoms with van der Waals surface area (Å²) in [6, 6.07) is 39.4. The lowest BCUT2D eigenvalue weighted by Crippen LogP contribution is -2.29. The van der Waals surface area contributed by atoms with Gasteiger partial charge in [0.15, 0.2) is 12.2 Å². The third kappa shape index (κ3) is 7.80. The summed E-state index contributed by atoms with van der Waals surface area (Å²) < 4.78 is 22.0. The third-order valence-electron chi connectivity index (χ3n) is 9.34. The van der Waals surface area contributed by atoms with Crippen molar-refractivity contribution < 1.29 is 47.7 Å². The minimum Gasteiger partial charge on any atom is -0.497 e. The van der Waals surface area contributed by atoms with Gasteiger partial charge < -0.3 is 18.9 Å². The molecule has 0 saturated carbocycles. The number of hydrogen-bond acceptors (Lipinski definition) is 10. The predicted molar refractivity (Wildman–Crippen MR) is 208 cm³/mol. The Kier molecular flexibility index (Phi) is 10.8. The second kappa shape index (κ2) is 16.4. The number of ether oxygens (including phenoxy) is 4. The number of hydrogen-bond donors (Lipinski definition) is 0. The summed E-state index contributed by atoms with van der Waals surface area (Å²) in [6.45, 7) is 0. The fourth-order valence-electron chi connectivity index (χ4n) is 6.34. The monoisotopic (exact) mass is 759 g/mol. The third-order valence-corrected chi connectivity index (χ3v) is 9.34. The average Bonchev–Trinajstić information content (AvgIpc) is 3.52. The lowest BCUT2D eigenvalue weighted by atomic mass is 9.99. The molecule has 0 bridgehead atoms. The lowest BCUT2D eigenvalue weighted by molar-refractivity contribution is 0.0278. The molecule has 0 spiro atoms. The van der Waals surface area contributed by atoms with Crippen LogP contribution in [0, 0.1) is 0 Å². The summed E-state index contributed by atoms with van der Waals surface area (Å²) in [5, 5.41) is 0. The van der Waals surface area contributed by atoms with Crippen molar-refractivity contribution in [2.24, 2.45) is 0 Å². The van der Waals surface area contributed by atoms with Crippen LogP contribution in [0.25, 0.3) is 0 Å². The highest BCUT2D eigenvalue weighted by atomic mass is 16.6. The summed E-state index contributed by atoms with van der Waals surface area (Å²) in [4.78, 5) is 82.9. The number of ketones is 2. The molecule has 1 heterocycles. The van der Waals surface area contributed by atoms with Crippen molar-refractivity contribution in [2.75, 3.05) is 19.1 Å². The van der Waals surface area contributed by atoms with Crippen molar-refractivity contribution in [3.8, 4) is 11.5 Å². The first-order valence-corrected chi connectivity index (χ1v) is 17.7. The molecule has 11 nitrogen and oxygen atoms in total. The number of nitrogens with zero attached hydrogens (tertiary/aromatic N) is 1. The molecular formula is C46H33NO10. The standard InChI is InChI=1S/C46H33NO10/c1-54-35-21-16-28(17-22-35)39(48)41(30-10-5-3-6-11-30)56-45(52)32-14-9-15-34(26-32)47-43(50)37-25-20-33(27-38(37)44(47)51)46(53)57-42(31-12-7-4-8-13-31)40(49)29-18-23-36(55-2)24-19-29/h3-27,41-42H,1-2H3/t41-,42+/m1/s1. The van der Waals surface area contributed by atoms with E-state index in [0.717, 1.165) is 4.90 Å². The molecule has 11 heteroatoms. The van der Waals surface area contributed by atoms with Crippen LogP contribution in [0.5, 0.6) is 11.5 Å². The van der Waals surface area contributed by atoms with Crippen molar-refractivity contribution in [3.63, 3.8) is 0 Å². The van der Waals surface area contributed by atoms with E-state index in [-0.39, 0.29) is 33.5 Å². The number of Topliss-reactive ketones (excluding diaryl/α,β-unsaturated/α-hetero) is 2. The van der Waals surface area contributed by atoms with Crippen LogP contribution in [0.3, 0.4) is 0 Å². The van der Waals surface area contributed by atoms with E-state index in [4.69, 9.17) is 18.9 Å². The van der Waals surface area contributed by atoms with Crippen LogP contribution in [-0.2, 0) is 9.47 Å². The summed E-state index contributed by atoms with van der Waals surface area (Å²) in [5.41, 5.74) is 1.37. The van der Waals surface area contributed by atoms with Crippen molar-refractivity contribution >= 4 is 41.0 Å². The Bertz CT molecular complexity index is 2500. The van der Waals surface area contributed by atoms with Gasteiger partial charge in [-0.3, -0.25) is 19.2 Å². The van der Waals surface area contributed by atoms with E-state index in [1.165, 1.54) is 56.7 Å². The molecule has 6 aromatic carbocycles. The highest BCUT2D eigenvalue weighted by Crippen LogP contribution is 2.32. The largest absolute Gasteiger partial charge is 0.497 e. The topological polar surface area (TPSA) is 143 Å². The molecule has 0 saturated heterocycles. The number of imide groups is 1. The van der Waals surface area contributed by atoms with Crippen LogP contribution in [0.15, 0.2) is 152 Å². The summed E-state index contributed by atoms with van der Waals surface area (Å²) in [5.74, 6) is -3.05. The molecule has 0 aromatic heterocycles. The number of anilines is 1. The molecule has 0 unspecified atom stereocenters. The average molecular weight is 760 g/mol. The van der Waals surface area contributed by atoms with Crippen LogP contribution >= 0.6 is 0 Å². The molecule has 0 fully saturated rings. The van der Waals surface area contributed by atoms with Gasteiger partial charge in [0.1, 0.15) is 11.5 Å². The SMILES string of the molecule is COc1ccc(C(=O)[C@@H](OC(=O)c2ccc3c(c2)C(=O)N(c2cccc(C(=O)O[C@@H](C(=O)c4ccc(OC)cc4)c4ccccc4)c2)C3=O)c2ccccc2)cc1.